The molecule has 0 spiro atoms. The number of hydrogen-bond donors (Lipinski definition) is 0. The summed E-state index contributed by atoms with van der Waals surface area (Å²) >= 11 is 1.94. The molecule has 1 saturated carbocycles. The van der Waals surface area contributed by atoms with Gasteiger partial charge in [0.05, 0.1) is 0 Å². The van der Waals surface area contributed by atoms with E-state index < -0.39 is 8.07 Å². The lowest BCUT2D eigenvalue weighted by Crippen LogP contribution is -2.36. The van der Waals surface area contributed by atoms with Crippen LogP contribution in [0.1, 0.15) is 13.8 Å². The van der Waals surface area contributed by atoms with Gasteiger partial charge in [0.1, 0.15) is 0 Å². The molecule has 0 aliphatic heterocycles. The van der Waals surface area contributed by atoms with Gasteiger partial charge in [-0.3, -0.25) is 4.67 Å². The van der Waals surface area contributed by atoms with Crippen LogP contribution in [0.2, 0.25) is 0 Å². The Balaban J connectivity index is 1.88. The van der Waals surface area contributed by atoms with Gasteiger partial charge in [0, 0.05) is 25.3 Å². The molecular formula is C22H25NPS. The van der Waals surface area contributed by atoms with Crippen molar-refractivity contribution in [2.24, 2.45) is 0 Å². The molecule has 1 aliphatic carbocycles. The molecule has 0 heterocycles. The van der Waals surface area contributed by atoms with Crippen molar-refractivity contribution in [1.82, 2.24) is 4.67 Å². The zero-order valence-electron chi connectivity index (χ0n) is 15.1. The first-order chi connectivity index (χ1) is 12.2. The second-order valence-electron chi connectivity index (χ2n) is 6.01. The SMILES string of the molecule is CCS[C]1[CH][CH][CH][C]1[C@H](C)N(C)P(c1ccccc1)c1ccccc1. The second kappa shape index (κ2) is 9.21. The molecule has 2 aromatic carbocycles. The summed E-state index contributed by atoms with van der Waals surface area (Å²) in [6, 6.07) is 22.2. The Morgan fingerprint density at radius 1 is 0.920 bits per heavy atom. The minimum atomic E-state index is -0.554. The topological polar surface area (TPSA) is 3.24 Å². The molecule has 0 N–H and O–H groups in total. The van der Waals surface area contributed by atoms with Crippen molar-refractivity contribution in [3.8, 4) is 0 Å². The van der Waals surface area contributed by atoms with Crippen LogP contribution in [0.4, 0.5) is 0 Å². The van der Waals surface area contributed by atoms with Gasteiger partial charge in [-0.05, 0) is 49.6 Å². The Kier molecular flexibility index (Phi) is 6.99. The van der Waals surface area contributed by atoms with Crippen LogP contribution in [0.3, 0.4) is 0 Å². The Hall–Kier alpha value is -0.820. The summed E-state index contributed by atoms with van der Waals surface area (Å²) in [5.74, 6) is 2.55. The van der Waals surface area contributed by atoms with Gasteiger partial charge in [0.15, 0.2) is 0 Å². The van der Waals surface area contributed by atoms with Gasteiger partial charge in [0.2, 0.25) is 0 Å². The molecule has 1 atom stereocenters. The lowest BCUT2D eigenvalue weighted by atomic mass is 10.00. The Morgan fingerprint density at radius 3 is 2.00 bits per heavy atom. The van der Waals surface area contributed by atoms with Crippen LogP contribution in [-0.4, -0.2) is 23.5 Å². The van der Waals surface area contributed by atoms with Gasteiger partial charge in [-0.25, -0.2) is 0 Å². The zero-order chi connectivity index (χ0) is 17.6. The van der Waals surface area contributed by atoms with E-state index in [1.807, 2.05) is 11.8 Å². The van der Waals surface area contributed by atoms with Gasteiger partial charge >= 0.3 is 0 Å². The molecule has 3 rings (SSSR count). The lowest BCUT2D eigenvalue weighted by Gasteiger charge is -2.38. The summed E-state index contributed by atoms with van der Waals surface area (Å²) in [4.78, 5) is 0. The molecule has 1 fully saturated rings. The molecule has 0 saturated heterocycles. The highest BCUT2D eigenvalue weighted by molar-refractivity contribution is 8.02. The van der Waals surface area contributed by atoms with E-state index in [2.05, 4.69) is 105 Å². The summed E-state index contributed by atoms with van der Waals surface area (Å²) < 4.78 is 2.55. The minimum Gasteiger partial charge on any atom is -0.274 e. The van der Waals surface area contributed by atoms with Gasteiger partial charge in [-0.1, -0.05) is 67.6 Å². The standard InChI is InChI=1S/C22H25NPS/c1-4-25-22-17-11-16-21(22)18(2)23(3)24(19-12-7-5-8-13-19)20-14-9-6-10-15-20/h5-18H,4H2,1-3H3/t18-/m0/s1. The van der Waals surface area contributed by atoms with Gasteiger partial charge in [-0.2, -0.15) is 11.8 Å². The number of thioether (sulfide) groups is 1. The monoisotopic (exact) mass is 366 g/mol. The summed E-state index contributed by atoms with van der Waals surface area (Å²) in [5, 5.41) is 4.21. The first kappa shape index (κ1) is 19.0. The molecule has 5 radical (unpaired) electrons. The van der Waals surface area contributed by atoms with E-state index >= 15 is 0 Å². The minimum absolute atomic E-state index is 0.371. The van der Waals surface area contributed by atoms with Gasteiger partial charge in [-0.15, -0.1) is 0 Å². The smallest absolute Gasteiger partial charge is 0.0430 e. The summed E-state index contributed by atoms with van der Waals surface area (Å²) in [6.45, 7) is 4.55. The van der Waals surface area contributed by atoms with E-state index in [9.17, 15) is 0 Å². The molecule has 2 aromatic rings. The third-order valence-corrected chi connectivity index (χ3v) is 7.96. The third kappa shape index (κ3) is 4.48. The molecule has 0 unspecified atom stereocenters. The average molecular weight is 366 g/mol. The maximum atomic E-state index is 2.55. The van der Waals surface area contributed by atoms with Crippen LogP contribution in [-0.2, 0) is 0 Å². The molecule has 0 aromatic heterocycles. The molecule has 3 heteroatoms. The van der Waals surface area contributed by atoms with E-state index in [1.54, 1.807) is 0 Å². The molecule has 0 amide bonds. The number of benzene rings is 2. The highest BCUT2D eigenvalue weighted by Crippen LogP contribution is 2.48. The van der Waals surface area contributed by atoms with Crippen LogP contribution in [0.15, 0.2) is 60.7 Å². The van der Waals surface area contributed by atoms with Crippen molar-refractivity contribution in [3.63, 3.8) is 0 Å². The van der Waals surface area contributed by atoms with E-state index in [0.717, 1.165) is 5.75 Å². The average Bonchev–Trinajstić information content (AvgIpc) is 3.11. The molecule has 129 valence electrons. The number of nitrogens with zero attached hydrogens (tertiary/aromatic N) is 1. The largest absolute Gasteiger partial charge is 0.274 e. The lowest BCUT2D eigenvalue weighted by molar-refractivity contribution is 0.454. The summed E-state index contributed by atoms with van der Waals surface area (Å²) in [6.07, 6.45) is 6.72. The highest BCUT2D eigenvalue weighted by atomic mass is 32.2. The molecular weight excluding hydrogens is 341 g/mol. The van der Waals surface area contributed by atoms with Crippen molar-refractivity contribution in [3.05, 3.63) is 91.1 Å². The Labute approximate surface area is 159 Å². The molecule has 25 heavy (non-hydrogen) atoms. The quantitative estimate of drug-likeness (QED) is 0.645. The van der Waals surface area contributed by atoms with Crippen LogP contribution in [0.5, 0.6) is 0 Å². The molecule has 0 bridgehead atoms. The maximum absolute atomic E-state index is 2.55. The fraction of sp³-hybridized carbons (Fsp3) is 0.227. The van der Waals surface area contributed by atoms with Crippen molar-refractivity contribution >= 4 is 30.4 Å². The Bertz CT molecular complexity index is 593. The van der Waals surface area contributed by atoms with Crippen LogP contribution < -0.4 is 10.6 Å². The van der Waals surface area contributed by atoms with Crippen molar-refractivity contribution in [2.45, 2.75) is 19.9 Å². The predicted octanol–water partition coefficient (Wildman–Crippen LogP) is 4.84. The molecule has 1 nitrogen and oxygen atoms in total. The van der Waals surface area contributed by atoms with E-state index in [-0.39, 0.29) is 0 Å². The van der Waals surface area contributed by atoms with Gasteiger partial charge < -0.3 is 0 Å². The summed E-state index contributed by atoms with van der Waals surface area (Å²) in [7, 11) is 1.71. The van der Waals surface area contributed by atoms with Crippen molar-refractivity contribution in [1.29, 1.82) is 0 Å². The van der Waals surface area contributed by atoms with Crippen LogP contribution >= 0.6 is 19.8 Å². The van der Waals surface area contributed by atoms with Gasteiger partial charge in [0.25, 0.3) is 0 Å². The van der Waals surface area contributed by atoms with E-state index in [4.69, 9.17) is 0 Å². The van der Waals surface area contributed by atoms with E-state index in [1.165, 1.54) is 21.8 Å². The Morgan fingerprint density at radius 2 is 1.48 bits per heavy atom. The predicted molar refractivity (Wildman–Crippen MR) is 114 cm³/mol. The third-order valence-electron chi connectivity index (χ3n) is 4.44. The zero-order valence-corrected chi connectivity index (χ0v) is 16.8. The fourth-order valence-corrected chi connectivity index (χ4v) is 6.37. The second-order valence-corrected chi connectivity index (χ2v) is 9.60. The normalized spacial score (nSPS) is 17.5. The molecule has 1 aliphatic rings. The fourth-order valence-electron chi connectivity index (χ4n) is 3.08. The number of hydrogen-bond acceptors (Lipinski definition) is 2. The van der Waals surface area contributed by atoms with E-state index in [0.29, 0.717) is 6.04 Å². The van der Waals surface area contributed by atoms with Crippen LogP contribution in [0, 0.1) is 30.4 Å². The summed E-state index contributed by atoms with van der Waals surface area (Å²) in [5.41, 5.74) is 0. The van der Waals surface area contributed by atoms with Crippen molar-refractivity contribution < 1.29 is 0 Å². The highest BCUT2D eigenvalue weighted by Gasteiger charge is 2.37. The maximum Gasteiger partial charge on any atom is 0.0430 e. The number of rotatable bonds is 7. The first-order valence-electron chi connectivity index (χ1n) is 8.73. The van der Waals surface area contributed by atoms with Crippen molar-refractivity contribution in [2.75, 3.05) is 12.8 Å². The first-order valence-corrected chi connectivity index (χ1v) is 11.0. The van der Waals surface area contributed by atoms with Crippen LogP contribution in [0.25, 0.3) is 0 Å².